The molecule has 1 aromatic heterocycles. The molecule has 0 N–H and O–H groups in total. The van der Waals surface area contributed by atoms with E-state index in [1.165, 1.54) is 13.0 Å². The number of aromatic nitrogens is 1. The Morgan fingerprint density at radius 1 is 1.32 bits per heavy atom. The molecule has 98 valence electrons. The van der Waals surface area contributed by atoms with Crippen molar-refractivity contribution in [3.63, 3.8) is 0 Å². The van der Waals surface area contributed by atoms with Crippen molar-refractivity contribution in [1.29, 1.82) is 0 Å². The lowest BCUT2D eigenvalue weighted by molar-refractivity contribution is -0.384. The van der Waals surface area contributed by atoms with Crippen LogP contribution in [-0.4, -0.2) is 9.91 Å². The molecule has 0 unspecified atom stereocenters. The molecular formula is C12H7ClF2N2O2. The van der Waals surface area contributed by atoms with Gasteiger partial charge in [-0.2, -0.15) is 0 Å². The number of benzene rings is 1. The summed E-state index contributed by atoms with van der Waals surface area (Å²) in [6.07, 6.45) is 0. The first-order chi connectivity index (χ1) is 8.90. The second kappa shape index (κ2) is 4.89. The van der Waals surface area contributed by atoms with Gasteiger partial charge in [-0.05, 0) is 18.6 Å². The first-order valence-electron chi connectivity index (χ1n) is 5.17. The fourth-order valence-corrected chi connectivity index (χ4v) is 1.81. The lowest BCUT2D eigenvalue weighted by Crippen LogP contribution is -1.97. The Labute approximate surface area is 111 Å². The maximum Gasteiger partial charge on any atom is 0.274 e. The zero-order chi connectivity index (χ0) is 14.2. The molecule has 0 aliphatic rings. The number of hydrogen-bond donors (Lipinski definition) is 0. The first kappa shape index (κ1) is 13.4. The van der Waals surface area contributed by atoms with E-state index in [4.69, 9.17) is 11.6 Å². The SMILES string of the molecule is Cc1ccc(F)c(-c2cc([N+](=O)[O-])cc(Cl)n2)c1F. The zero-order valence-corrected chi connectivity index (χ0v) is 10.4. The topological polar surface area (TPSA) is 56.0 Å². The Bertz CT molecular complexity index is 677. The quantitative estimate of drug-likeness (QED) is 0.477. The van der Waals surface area contributed by atoms with Crippen LogP contribution in [0.2, 0.25) is 5.15 Å². The van der Waals surface area contributed by atoms with Gasteiger partial charge in [-0.15, -0.1) is 0 Å². The first-order valence-corrected chi connectivity index (χ1v) is 5.55. The summed E-state index contributed by atoms with van der Waals surface area (Å²) in [6, 6.07) is 4.33. The molecule has 0 saturated carbocycles. The predicted octanol–water partition coefficient (Wildman–Crippen LogP) is 3.90. The molecule has 0 fully saturated rings. The minimum atomic E-state index is -0.854. The van der Waals surface area contributed by atoms with Crippen molar-refractivity contribution in [2.45, 2.75) is 6.92 Å². The molecule has 1 aromatic carbocycles. The molecule has 0 aliphatic carbocycles. The van der Waals surface area contributed by atoms with Crippen LogP contribution in [0.4, 0.5) is 14.5 Å². The van der Waals surface area contributed by atoms with Crippen molar-refractivity contribution < 1.29 is 13.7 Å². The highest BCUT2D eigenvalue weighted by Gasteiger charge is 2.19. The van der Waals surface area contributed by atoms with Gasteiger partial charge >= 0.3 is 0 Å². The van der Waals surface area contributed by atoms with Crippen LogP contribution in [0.25, 0.3) is 11.3 Å². The Balaban J connectivity index is 2.72. The van der Waals surface area contributed by atoms with E-state index in [0.29, 0.717) is 0 Å². The molecule has 0 bridgehead atoms. The Kier molecular flexibility index (Phi) is 3.44. The van der Waals surface area contributed by atoms with Crippen LogP contribution in [0.1, 0.15) is 5.56 Å². The molecule has 0 aliphatic heterocycles. The minimum Gasteiger partial charge on any atom is -0.258 e. The Hall–Kier alpha value is -2.08. The molecule has 19 heavy (non-hydrogen) atoms. The zero-order valence-electron chi connectivity index (χ0n) is 9.65. The van der Waals surface area contributed by atoms with E-state index in [2.05, 4.69) is 4.98 Å². The fraction of sp³-hybridized carbons (Fsp3) is 0.0833. The van der Waals surface area contributed by atoms with E-state index in [-0.39, 0.29) is 22.1 Å². The van der Waals surface area contributed by atoms with Gasteiger partial charge in [0.2, 0.25) is 0 Å². The van der Waals surface area contributed by atoms with E-state index in [1.54, 1.807) is 0 Å². The third-order valence-electron chi connectivity index (χ3n) is 2.53. The predicted molar refractivity (Wildman–Crippen MR) is 66.0 cm³/mol. The highest BCUT2D eigenvalue weighted by molar-refractivity contribution is 6.29. The van der Waals surface area contributed by atoms with Gasteiger partial charge in [-0.3, -0.25) is 10.1 Å². The summed E-state index contributed by atoms with van der Waals surface area (Å²) in [6.45, 7) is 1.46. The van der Waals surface area contributed by atoms with Crippen LogP contribution in [0.3, 0.4) is 0 Å². The largest absolute Gasteiger partial charge is 0.274 e. The number of nitro groups is 1. The average molecular weight is 285 g/mol. The van der Waals surface area contributed by atoms with Crippen LogP contribution in [0, 0.1) is 28.7 Å². The van der Waals surface area contributed by atoms with Crippen LogP contribution < -0.4 is 0 Å². The summed E-state index contributed by atoms with van der Waals surface area (Å²) < 4.78 is 27.6. The molecule has 2 rings (SSSR count). The Morgan fingerprint density at radius 2 is 2.00 bits per heavy atom. The fourth-order valence-electron chi connectivity index (χ4n) is 1.61. The number of rotatable bonds is 2. The van der Waals surface area contributed by atoms with Gasteiger partial charge in [0, 0.05) is 6.07 Å². The highest BCUT2D eigenvalue weighted by atomic mass is 35.5. The lowest BCUT2D eigenvalue weighted by Gasteiger charge is -2.07. The lowest BCUT2D eigenvalue weighted by atomic mass is 10.1. The number of hydrogen-bond acceptors (Lipinski definition) is 3. The molecule has 0 spiro atoms. The van der Waals surface area contributed by atoms with E-state index in [0.717, 1.165) is 18.2 Å². The summed E-state index contributed by atoms with van der Waals surface area (Å²) in [5, 5.41) is 10.5. The van der Waals surface area contributed by atoms with Gasteiger partial charge in [0.25, 0.3) is 5.69 Å². The van der Waals surface area contributed by atoms with Crippen LogP contribution >= 0.6 is 11.6 Å². The molecular weight excluding hydrogens is 278 g/mol. The molecule has 1 heterocycles. The van der Waals surface area contributed by atoms with Crippen molar-refractivity contribution >= 4 is 17.3 Å². The summed E-state index contributed by atoms with van der Waals surface area (Å²) in [5.41, 5.74) is -0.806. The van der Waals surface area contributed by atoms with E-state index in [9.17, 15) is 18.9 Å². The molecule has 7 heteroatoms. The normalized spacial score (nSPS) is 10.5. The van der Waals surface area contributed by atoms with E-state index >= 15 is 0 Å². The van der Waals surface area contributed by atoms with Crippen LogP contribution in [-0.2, 0) is 0 Å². The van der Waals surface area contributed by atoms with E-state index in [1.807, 2.05) is 0 Å². The molecule has 0 saturated heterocycles. The summed E-state index contributed by atoms with van der Waals surface area (Å²) in [4.78, 5) is 13.7. The number of nitrogens with zero attached hydrogens (tertiary/aromatic N) is 2. The molecule has 0 amide bonds. The summed E-state index contributed by atoms with van der Waals surface area (Å²) in [7, 11) is 0. The van der Waals surface area contributed by atoms with E-state index < -0.39 is 22.1 Å². The summed E-state index contributed by atoms with van der Waals surface area (Å²) in [5.74, 6) is -1.67. The molecule has 0 radical (unpaired) electrons. The smallest absolute Gasteiger partial charge is 0.258 e. The molecule has 2 aromatic rings. The third kappa shape index (κ3) is 2.53. The van der Waals surface area contributed by atoms with Crippen molar-refractivity contribution in [2.24, 2.45) is 0 Å². The second-order valence-corrected chi connectivity index (χ2v) is 4.23. The average Bonchev–Trinajstić information content (AvgIpc) is 2.34. The standard InChI is InChI=1S/C12H7ClF2N2O2/c1-6-2-3-8(14)11(12(6)15)9-4-7(17(18)19)5-10(13)16-9/h2-5H,1H3. The maximum absolute atomic E-state index is 13.9. The van der Waals surface area contributed by atoms with Crippen molar-refractivity contribution in [1.82, 2.24) is 4.98 Å². The molecule has 4 nitrogen and oxygen atoms in total. The highest BCUT2D eigenvalue weighted by Crippen LogP contribution is 2.30. The monoisotopic (exact) mass is 284 g/mol. The van der Waals surface area contributed by atoms with Gasteiger partial charge in [0.15, 0.2) is 0 Å². The van der Waals surface area contributed by atoms with Crippen LogP contribution in [0.5, 0.6) is 0 Å². The number of halogens is 3. The van der Waals surface area contributed by atoms with Gasteiger partial charge in [0.1, 0.15) is 16.8 Å². The van der Waals surface area contributed by atoms with Gasteiger partial charge in [0.05, 0.1) is 22.2 Å². The van der Waals surface area contributed by atoms with Gasteiger partial charge in [-0.25, -0.2) is 13.8 Å². The molecule has 0 atom stereocenters. The third-order valence-corrected chi connectivity index (χ3v) is 2.72. The Morgan fingerprint density at radius 3 is 2.63 bits per heavy atom. The van der Waals surface area contributed by atoms with Crippen molar-refractivity contribution in [3.05, 3.63) is 56.7 Å². The number of pyridine rings is 1. The van der Waals surface area contributed by atoms with Crippen molar-refractivity contribution in [2.75, 3.05) is 0 Å². The number of aryl methyl sites for hydroxylation is 1. The second-order valence-electron chi connectivity index (χ2n) is 3.84. The van der Waals surface area contributed by atoms with Gasteiger partial charge < -0.3 is 0 Å². The minimum absolute atomic E-state index is 0.204. The maximum atomic E-state index is 13.9. The van der Waals surface area contributed by atoms with Crippen LogP contribution in [0.15, 0.2) is 24.3 Å². The van der Waals surface area contributed by atoms with Crippen molar-refractivity contribution in [3.8, 4) is 11.3 Å². The summed E-state index contributed by atoms with van der Waals surface area (Å²) >= 11 is 5.63. The van der Waals surface area contributed by atoms with Gasteiger partial charge in [-0.1, -0.05) is 17.7 Å².